The monoisotopic (exact) mass is 402 g/mol. The van der Waals surface area contributed by atoms with Crippen LogP contribution in [-0.2, 0) is 6.54 Å². The van der Waals surface area contributed by atoms with Crippen LogP contribution in [0.1, 0.15) is 27.3 Å². The van der Waals surface area contributed by atoms with E-state index in [1.54, 1.807) is 36.5 Å². The average molecular weight is 402 g/mol. The highest BCUT2D eigenvalue weighted by molar-refractivity contribution is 6.05. The number of nitrogens with zero attached hydrogens (tertiary/aromatic N) is 5. The molecule has 1 amide bonds. The van der Waals surface area contributed by atoms with E-state index in [0.717, 1.165) is 22.6 Å². The molecular weight excluding hydrogens is 380 g/mol. The third kappa shape index (κ3) is 4.07. The van der Waals surface area contributed by atoms with Crippen molar-refractivity contribution in [1.82, 2.24) is 24.5 Å². The summed E-state index contributed by atoms with van der Waals surface area (Å²) in [5.41, 5.74) is 5.00. The van der Waals surface area contributed by atoms with Crippen LogP contribution in [0.25, 0.3) is 5.69 Å². The number of anilines is 1. The summed E-state index contributed by atoms with van der Waals surface area (Å²) >= 11 is 0. The molecule has 0 aliphatic heterocycles. The SMILES string of the molecule is COc1ccc(-n2cnnc2)cc1NC(=O)c1cccc(Cn2nc(C)cc2C)c1. The molecule has 1 N–H and O–H groups in total. The molecule has 0 saturated heterocycles. The van der Waals surface area contributed by atoms with Gasteiger partial charge in [0, 0.05) is 11.3 Å². The third-order valence-electron chi connectivity index (χ3n) is 4.77. The Morgan fingerprint density at radius 3 is 2.57 bits per heavy atom. The van der Waals surface area contributed by atoms with Crippen LogP contribution in [-0.4, -0.2) is 37.6 Å². The molecule has 2 heterocycles. The summed E-state index contributed by atoms with van der Waals surface area (Å²) in [5, 5.41) is 15.1. The van der Waals surface area contributed by atoms with Crippen LogP contribution in [0.2, 0.25) is 0 Å². The van der Waals surface area contributed by atoms with E-state index >= 15 is 0 Å². The Morgan fingerprint density at radius 2 is 1.87 bits per heavy atom. The number of carbonyl (C=O) groups is 1. The number of methoxy groups -OCH3 is 1. The number of ether oxygens (including phenoxy) is 1. The van der Waals surface area contributed by atoms with Crippen molar-refractivity contribution in [2.45, 2.75) is 20.4 Å². The Kier molecular flexibility index (Phi) is 5.30. The van der Waals surface area contributed by atoms with Crippen LogP contribution in [0.5, 0.6) is 5.75 Å². The van der Waals surface area contributed by atoms with E-state index in [9.17, 15) is 4.79 Å². The van der Waals surface area contributed by atoms with Crippen LogP contribution in [0, 0.1) is 13.8 Å². The maximum Gasteiger partial charge on any atom is 0.255 e. The molecule has 8 heteroatoms. The summed E-state index contributed by atoms with van der Waals surface area (Å²) in [6, 6.07) is 15.0. The summed E-state index contributed by atoms with van der Waals surface area (Å²) in [6.07, 6.45) is 3.19. The van der Waals surface area contributed by atoms with E-state index in [4.69, 9.17) is 4.74 Å². The van der Waals surface area contributed by atoms with Gasteiger partial charge in [0.25, 0.3) is 5.91 Å². The molecule has 4 rings (SSSR count). The highest BCUT2D eigenvalue weighted by Crippen LogP contribution is 2.27. The van der Waals surface area contributed by atoms with Gasteiger partial charge in [-0.25, -0.2) is 0 Å². The number of carbonyl (C=O) groups excluding carboxylic acids is 1. The van der Waals surface area contributed by atoms with Gasteiger partial charge in [-0.2, -0.15) is 5.10 Å². The second-order valence-corrected chi connectivity index (χ2v) is 6.99. The quantitative estimate of drug-likeness (QED) is 0.534. The highest BCUT2D eigenvalue weighted by atomic mass is 16.5. The largest absolute Gasteiger partial charge is 0.495 e. The Bertz CT molecular complexity index is 1180. The van der Waals surface area contributed by atoms with Gasteiger partial charge >= 0.3 is 0 Å². The Labute approximate surface area is 174 Å². The summed E-state index contributed by atoms with van der Waals surface area (Å²) in [4.78, 5) is 12.9. The second-order valence-electron chi connectivity index (χ2n) is 6.99. The molecule has 0 bridgehead atoms. The normalized spacial score (nSPS) is 10.8. The minimum Gasteiger partial charge on any atom is -0.495 e. The van der Waals surface area contributed by atoms with Crippen molar-refractivity contribution in [1.29, 1.82) is 0 Å². The number of aryl methyl sites for hydroxylation is 2. The fourth-order valence-electron chi connectivity index (χ4n) is 3.30. The third-order valence-corrected chi connectivity index (χ3v) is 4.77. The smallest absolute Gasteiger partial charge is 0.255 e. The molecule has 0 atom stereocenters. The molecule has 0 saturated carbocycles. The van der Waals surface area contributed by atoms with Crippen LogP contribution < -0.4 is 10.1 Å². The highest BCUT2D eigenvalue weighted by Gasteiger charge is 2.12. The molecular formula is C22H22N6O2. The van der Waals surface area contributed by atoms with Crippen molar-refractivity contribution < 1.29 is 9.53 Å². The van der Waals surface area contributed by atoms with E-state index in [2.05, 4.69) is 20.6 Å². The molecule has 4 aromatic rings. The topological polar surface area (TPSA) is 86.9 Å². The van der Waals surface area contributed by atoms with Gasteiger partial charge in [0.15, 0.2) is 0 Å². The minimum absolute atomic E-state index is 0.218. The predicted molar refractivity (Wildman–Crippen MR) is 113 cm³/mol. The Morgan fingerprint density at radius 1 is 1.07 bits per heavy atom. The molecule has 0 unspecified atom stereocenters. The number of aromatic nitrogens is 5. The van der Waals surface area contributed by atoms with E-state index in [-0.39, 0.29) is 5.91 Å². The Balaban J connectivity index is 1.57. The van der Waals surface area contributed by atoms with Gasteiger partial charge in [0.2, 0.25) is 0 Å². The van der Waals surface area contributed by atoms with Crippen molar-refractivity contribution in [2.75, 3.05) is 12.4 Å². The molecule has 0 aliphatic carbocycles. The lowest BCUT2D eigenvalue weighted by Crippen LogP contribution is -2.14. The van der Waals surface area contributed by atoms with Crippen molar-refractivity contribution in [2.24, 2.45) is 0 Å². The summed E-state index contributed by atoms with van der Waals surface area (Å²) in [5.74, 6) is 0.350. The van der Waals surface area contributed by atoms with E-state index in [1.807, 2.05) is 54.9 Å². The standard InChI is InChI=1S/C22H22N6O2/c1-15-9-16(2)28(26-15)12-17-5-4-6-18(10-17)22(29)25-20-11-19(7-8-21(20)30-3)27-13-23-24-14-27/h4-11,13-14H,12H2,1-3H3,(H,25,29). The van der Waals surface area contributed by atoms with Crippen molar-refractivity contribution >= 4 is 11.6 Å². The second kappa shape index (κ2) is 8.20. The lowest BCUT2D eigenvalue weighted by molar-refractivity contribution is 0.102. The predicted octanol–water partition coefficient (Wildman–Crippen LogP) is 3.39. The molecule has 152 valence electrons. The summed E-state index contributed by atoms with van der Waals surface area (Å²) in [7, 11) is 1.57. The first-order chi connectivity index (χ1) is 14.5. The number of rotatable bonds is 6. The van der Waals surface area contributed by atoms with Gasteiger partial charge in [-0.15, -0.1) is 10.2 Å². The average Bonchev–Trinajstić information content (AvgIpc) is 3.38. The summed E-state index contributed by atoms with van der Waals surface area (Å²) in [6.45, 7) is 4.59. The zero-order valence-corrected chi connectivity index (χ0v) is 17.0. The number of benzene rings is 2. The van der Waals surface area contributed by atoms with E-state index < -0.39 is 0 Å². The molecule has 0 aliphatic rings. The zero-order valence-electron chi connectivity index (χ0n) is 17.0. The van der Waals surface area contributed by atoms with Gasteiger partial charge < -0.3 is 10.1 Å². The first kappa shape index (κ1) is 19.4. The molecule has 30 heavy (non-hydrogen) atoms. The van der Waals surface area contributed by atoms with Gasteiger partial charge in [0.05, 0.1) is 30.7 Å². The zero-order chi connectivity index (χ0) is 21.1. The minimum atomic E-state index is -0.218. The molecule has 0 fully saturated rings. The maximum absolute atomic E-state index is 12.9. The first-order valence-electron chi connectivity index (χ1n) is 9.48. The number of hydrogen-bond acceptors (Lipinski definition) is 5. The fourth-order valence-corrected chi connectivity index (χ4v) is 3.30. The lowest BCUT2D eigenvalue weighted by Gasteiger charge is -2.13. The van der Waals surface area contributed by atoms with Crippen molar-refractivity contribution in [3.8, 4) is 11.4 Å². The van der Waals surface area contributed by atoms with Crippen LogP contribution in [0.3, 0.4) is 0 Å². The van der Waals surface area contributed by atoms with Gasteiger partial charge in [-0.05, 0) is 55.8 Å². The Hall–Kier alpha value is -3.94. The first-order valence-corrected chi connectivity index (χ1v) is 9.48. The number of hydrogen-bond donors (Lipinski definition) is 1. The van der Waals surface area contributed by atoms with Crippen LogP contribution >= 0.6 is 0 Å². The summed E-state index contributed by atoms with van der Waals surface area (Å²) < 4.78 is 9.09. The van der Waals surface area contributed by atoms with Gasteiger partial charge in [-0.1, -0.05) is 12.1 Å². The van der Waals surface area contributed by atoms with Crippen LogP contribution in [0.15, 0.2) is 61.2 Å². The maximum atomic E-state index is 12.9. The molecule has 0 spiro atoms. The fraction of sp³-hybridized carbons (Fsp3) is 0.182. The molecule has 0 radical (unpaired) electrons. The van der Waals surface area contributed by atoms with E-state index in [0.29, 0.717) is 23.5 Å². The van der Waals surface area contributed by atoms with Gasteiger partial charge in [-0.3, -0.25) is 14.0 Å². The molecule has 2 aromatic carbocycles. The van der Waals surface area contributed by atoms with Crippen molar-refractivity contribution in [3.05, 3.63) is 83.7 Å². The van der Waals surface area contributed by atoms with Crippen LogP contribution in [0.4, 0.5) is 5.69 Å². The lowest BCUT2D eigenvalue weighted by atomic mass is 10.1. The molecule has 8 nitrogen and oxygen atoms in total. The van der Waals surface area contributed by atoms with Gasteiger partial charge in [0.1, 0.15) is 18.4 Å². The number of amides is 1. The number of nitrogens with one attached hydrogen (secondary N) is 1. The van der Waals surface area contributed by atoms with Crippen molar-refractivity contribution in [3.63, 3.8) is 0 Å². The molecule has 2 aromatic heterocycles. The van der Waals surface area contributed by atoms with E-state index in [1.165, 1.54) is 0 Å².